The molecule has 0 spiro atoms. The molecule has 0 N–H and O–H groups in total. The fourth-order valence-electron chi connectivity index (χ4n) is 2.74. The number of hydrogen-bond donors (Lipinski definition) is 0. The number of carbonyl (C=O) groups excluding carboxylic acids is 1. The molecule has 9 heteroatoms. The summed E-state index contributed by atoms with van der Waals surface area (Å²) >= 11 is 14.9. The Bertz CT molecular complexity index is 1010. The third kappa shape index (κ3) is 4.12. The summed E-state index contributed by atoms with van der Waals surface area (Å²) in [7, 11) is 0. The third-order valence-corrected chi connectivity index (χ3v) is 6.78. The Kier molecular flexibility index (Phi) is 5.78. The molecular weight excluding hydrogens is 437 g/mol. The molecule has 1 saturated heterocycles. The van der Waals surface area contributed by atoms with Crippen LogP contribution in [0, 0.1) is 6.92 Å². The maximum Gasteiger partial charge on any atom is 0.240 e. The molecule has 1 aliphatic rings. The van der Waals surface area contributed by atoms with Crippen LogP contribution in [0.3, 0.4) is 0 Å². The summed E-state index contributed by atoms with van der Waals surface area (Å²) in [5, 5.41) is 10.5. The first kappa shape index (κ1) is 19.5. The lowest BCUT2D eigenvalue weighted by Crippen LogP contribution is -2.27. The molecule has 0 radical (unpaired) electrons. The van der Waals surface area contributed by atoms with Crippen LogP contribution in [0.1, 0.15) is 21.5 Å². The number of halogens is 2. The molecule has 144 valence electrons. The van der Waals surface area contributed by atoms with Gasteiger partial charge in [0.2, 0.25) is 11.0 Å². The number of hydrogen-bond acceptors (Lipinski definition) is 6. The summed E-state index contributed by atoms with van der Waals surface area (Å²) in [6.07, 6.45) is 0. The van der Waals surface area contributed by atoms with Crippen LogP contribution in [0.25, 0.3) is 0 Å². The zero-order valence-electron chi connectivity index (χ0n) is 14.8. The van der Waals surface area contributed by atoms with Gasteiger partial charge in [-0.05, 0) is 30.7 Å². The Morgan fingerprint density at radius 3 is 2.71 bits per heavy atom. The van der Waals surface area contributed by atoms with E-state index in [9.17, 15) is 4.79 Å². The molecule has 1 unspecified atom stereocenters. The van der Waals surface area contributed by atoms with E-state index >= 15 is 0 Å². The zero-order valence-corrected chi connectivity index (χ0v) is 17.9. The molecule has 1 atom stereocenters. The summed E-state index contributed by atoms with van der Waals surface area (Å²) in [5.74, 6) is 0.970. The van der Waals surface area contributed by atoms with E-state index in [1.807, 2.05) is 31.2 Å². The van der Waals surface area contributed by atoms with E-state index in [1.165, 1.54) is 16.9 Å². The summed E-state index contributed by atoms with van der Waals surface area (Å²) in [6.45, 7) is 2.25. The van der Waals surface area contributed by atoms with Gasteiger partial charge in [-0.2, -0.15) is 0 Å². The average Bonchev–Trinajstić information content (AvgIpc) is 3.28. The second-order valence-electron chi connectivity index (χ2n) is 6.18. The highest BCUT2D eigenvalue weighted by molar-refractivity contribution is 8.00. The zero-order chi connectivity index (χ0) is 19.7. The Hall–Kier alpha value is -1.80. The molecule has 1 aromatic heterocycles. The first-order valence-electron chi connectivity index (χ1n) is 8.42. The van der Waals surface area contributed by atoms with Crippen molar-refractivity contribution in [1.29, 1.82) is 0 Å². The highest BCUT2D eigenvalue weighted by atomic mass is 35.5. The fourth-order valence-corrected chi connectivity index (χ4v) is 5.22. The topological polar surface area (TPSA) is 55.3 Å². The van der Waals surface area contributed by atoms with Crippen molar-refractivity contribution in [2.45, 2.75) is 18.9 Å². The Balaban J connectivity index is 1.50. The maximum atomic E-state index is 12.5. The number of anilines is 1. The van der Waals surface area contributed by atoms with Gasteiger partial charge in [0.05, 0.1) is 10.8 Å². The Labute approximate surface area is 180 Å². The molecule has 0 aliphatic carbocycles. The van der Waals surface area contributed by atoms with E-state index < -0.39 is 0 Å². The number of aryl methyl sites for hydroxylation is 1. The van der Waals surface area contributed by atoms with Crippen LogP contribution >= 0.6 is 46.3 Å². The lowest BCUT2D eigenvalue weighted by atomic mass is 10.1. The highest BCUT2D eigenvalue weighted by Crippen LogP contribution is 2.42. The Morgan fingerprint density at radius 1 is 1.18 bits per heavy atom. The third-order valence-electron chi connectivity index (χ3n) is 4.14. The predicted octanol–water partition coefficient (Wildman–Crippen LogP) is 5.51. The van der Waals surface area contributed by atoms with E-state index in [-0.39, 0.29) is 17.9 Å². The van der Waals surface area contributed by atoms with Crippen molar-refractivity contribution in [2.75, 3.05) is 10.7 Å². The average molecular weight is 452 g/mol. The van der Waals surface area contributed by atoms with Crippen LogP contribution in [0.2, 0.25) is 10.0 Å². The predicted molar refractivity (Wildman–Crippen MR) is 115 cm³/mol. The molecule has 2 heterocycles. The van der Waals surface area contributed by atoms with Gasteiger partial charge in [-0.25, -0.2) is 0 Å². The molecule has 1 aliphatic heterocycles. The smallest absolute Gasteiger partial charge is 0.240 e. The SMILES string of the molecule is Cc1ccc(C2SCC(=O)N2c2nnc(COc3ccc(Cl)cc3Cl)s2)cc1. The first-order chi connectivity index (χ1) is 13.5. The van der Waals surface area contributed by atoms with Crippen molar-refractivity contribution in [2.24, 2.45) is 0 Å². The molecular formula is C19H15Cl2N3O2S2. The Morgan fingerprint density at radius 2 is 1.96 bits per heavy atom. The minimum absolute atomic E-state index is 0.0277. The number of aromatic nitrogens is 2. The summed E-state index contributed by atoms with van der Waals surface area (Å²) < 4.78 is 5.71. The van der Waals surface area contributed by atoms with E-state index in [2.05, 4.69) is 10.2 Å². The van der Waals surface area contributed by atoms with Crippen molar-refractivity contribution in [3.63, 3.8) is 0 Å². The van der Waals surface area contributed by atoms with Gasteiger partial charge in [0, 0.05) is 5.02 Å². The van der Waals surface area contributed by atoms with Gasteiger partial charge in [-0.3, -0.25) is 9.69 Å². The summed E-state index contributed by atoms with van der Waals surface area (Å²) in [5.41, 5.74) is 2.25. The van der Waals surface area contributed by atoms with Crippen LogP contribution in [0.15, 0.2) is 42.5 Å². The number of thioether (sulfide) groups is 1. The van der Waals surface area contributed by atoms with Gasteiger partial charge in [0.25, 0.3) is 0 Å². The number of ether oxygens (including phenoxy) is 1. The molecule has 0 bridgehead atoms. The molecule has 5 nitrogen and oxygen atoms in total. The standard InChI is InChI=1S/C19H15Cl2N3O2S2/c1-11-2-4-12(5-3-11)18-24(17(25)10-27-18)19-23-22-16(28-19)9-26-15-7-6-13(20)8-14(15)21/h2-8,18H,9-10H2,1H3. The minimum atomic E-state index is -0.0967. The molecule has 1 fully saturated rings. The number of rotatable bonds is 5. The number of amides is 1. The molecule has 3 aromatic rings. The van der Waals surface area contributed by atoms with Crippen LogP contribution in [-0.4, -0.2) is 21.9 Å². The van der Waals surface area contributed by atoms with Crippen LogP contribution < -0.4 is 9.64 Å². The van der Waals surface area contributed by atoms with Crippen molar-refractivity contribution >= 4 is 57.3 Å². The molecule has 4 rings (SSSR count). The number of carbonyl (C=O) groups is 1. The molecule has 0 saturated carbocycles. The van der Waals surface area contributed by atoms with E-state index in [0.29, 0.717) is 31.7 Å². The first-order valence-corrected chi connectivity index (χ1v) is 11.0. The lowest BCUT2D eigenvalue weighted by Gasteiger charge is -2.21. The quantitative estimate of drug-likeness (QED) is 0.511. The lowest BCUT2D eigenvalue weighted by molar-refractivity contribution is -0.115. The van der Waals surface area contributed by atoms with E-state index in [1.54, 1.807) is 34.9 Å². The van der Waals surface area contributed by atoms with Crippen LogP contribution in [-0.2, 0) is 11.4 Å². The fraction of sp³-hybridized carbons (Fsp3) is 0.211. The van der Waals surface area contributed by atoms with Crippen molar-refractivity contribution in [3.8, 4) is 5.75 Å². The van der Waals surface area contributed by atoms with Crippen molar-refractivity contribution in [3.05, 3.63) is 68.6 Å². The highest BCUT2D eigenvalue weighted by Gasteiger charge is 2.36. The van der Waals surface area contributed by atoms with Crippen LogP contribution in [0.5, 0.6) is 5.75 Å². The number of benzene rings is 2. The molecule has 28 heavy (non-hydrogen) atoms. The number of nitrogens with zero attached hydrogens (tertiary/aromatic N) is 3. The van der Waals surface area contributed by atoms with Gasteiger partial charge < -0.3 is 4.74 Å². The second-order valence-corrected chi connectivity index (χ2v) is 9.13. The monoisotopic (exact) mass is 451 g/mol. The summed E-state index contributed by atoms with van der Waals surface area (Å²) in [6, 6.07) is 13.2. The normalized spacial score (nSPS) is 16.6. The van der Waals surface area contributed by atoms with Gasteiger partial charge in [-0.1, -0.05) is 64.4 Å². The van der Waals surface area contributed by atoms with E-state index in [0.717, 1.165) is 5.56 Å². The second kappa shape index (κ2) is 8.29. The van der Waals surface area contributed by atoms with Crippen LogP contribution in [0.4, 0.5) is 5.13 Å². The van der Waals surface area contributed by atoms with Crippen molar-refractivity contribution in [1.82, 2.24) is 10.2 Å². The van der Waals surface area contributed by atoms with Gasteiger partial charge in [-0.15, -0.1) is 22.0 Å². The minimum Gasteiger partial charge on any atom is -0.485 e. The van der Waals surface area contributed by atoms with Gasteiger partial charge in [0.1, 0.15) is 17.7 Å². The van der Waals surface area contributed by atoms with E-state index in [4.69, 9.17) is 27.9 Å². The molecule has 1 amide bonds. The maximum absolute atomic E-state index is 12.5. The van der Waals surface area contributed by atoms with Gasteiger partial charge in [0.15, 0.2) is 5.01 Å². The van der Waals surface area contributed by atoms with Crippen molar-refractivity contribution < 1.29 is 9.53 Å². The van der Waals surface area contributed by atoms with Gasteiger partial charge >= 0.3 is 0 Å². The molecule has 2 aromatic carbocycles. The summed E-state index contributed by atoms with van der Waals surface area (Å²) in [4.78, 5) is 14.2. The largest absolute Gasteiger partial charge is 0.485 e.